The number of carbonyl (C=O) groups excluding carboxylic acids is 2. The van der Waals surface area contributed by atoms with Gasteiger partial charge in [0.15, 0.2) is 0 Å². The summed E-state index contributed by atoms with van der Waals surface area (Å²) in [5.41, 5.74) is 7.66. The maximum atomic E-state index is 12.8. The average Bonchev–Trinajstić information content (AvgIpc) is 3.02. The lowest BCUT2D eigenvalue weighted by atomic mass is 9.67. The van der Waals surface area contributed by atoms with Gasteiger partial charge in [0, 0.05) is 36.3 Å². The normalized spacial score (nSPS) is 31.9. The molecule has 5 nitrogen and oxygen atoms in total. The summed E-state index contributed by atoms with van der Waals surface area (Å²) >= 11 is 0. The Labute approximate surface area is 148 Å². The number of hydrogen-bond donors (Lipinski definition) is 2. The van der Waals surface area contributed by atoms with E-state index in [9.17, 15) is 9.59 Å². The van der Waals surface area contributed by atoms with Crippen LogP contribution in [0, 0.1) is 11.8 Å². The third kappa shape index (κ3) is 3.30. The zero-order chi connectivity index (χ0) is 17.4. The van der Waals surface area contributed by atoms with Crippen LogP contribution in [0.5, 0.6) is 0 Å². The Morgan fingerprint density at radius 3 is 2.60 bits per heavy atom. The smallest absolute Gasteiger partial charge is 0.251 e. The molecular weight excluding hydrogens is 314 g/mol. The monoisotopic (exact) mass is 341 g/mol. The van der Waals surface area contributed by atoms with Gasteiger partial charge < -0.3 is 16.0 Å². The lowest BCUT2D eigenvalue weighted by Gasteiger charge is -2.45. The molecule has 3 N–H and O–H groups in total. The van der Waals surface area contributed by atoms with Crippen LogP contribution in [0.2, 0.25) is 0 Å². The highest BCUT2D eigenvalue weighted by Crippen LogP contribution is 2.39. The fourth-order valence-corrected chi connectivity index (χ4v) is 5.00. The van der Waals surface area contributed by atoms with E-state index in [0.29, 0.717) is 23.8 Å². The van der Waals surface area contributed by atoms with Crippen molar-refractivity contribution in [1.82, 2.24) is 5.32 Å². The zero-order valence-corrected chi connectivity index (χ0v) is 14.6. The molecule has 5 heteroatoms. The van der Waals surface area contributed by atoms with Crippen molar-refractivity contribution in [3.8, 4) is 0 Å². The SMILES string of the molecule is NC1CC2CCCC(C1)C2NC(=O)c1cccc(N2CCCC2=O)c1. The molecule has 134 valence electrons. The molecule has 1 aliphatic heterocycles. The Hall–Kier alpha value is -1.88. The molecule has 2 amide bonds. The van der Waals surface area contributed by atoms with E-state index in [1.807, 2.05) is 24.3 Å². The molecular formula is C20H27N3O2. The largest absolute Gasteiger partial charge is 0.349 e. The number of carbonyl (C=O) groups is 2. The molecule has 0 aromatic heterocycles. The minimum atomic E-state index is -0.0223. The van der Waals surface area contributed by atoms with E-state index in [0.717, 1.165) is 44.3 Å². The number of hydrogen-bond acceptors (Lipinski definition) is 3. The molecule has 1 saturated heterocycles. The van der Waals surface area contributed by atoms with E-state index in [1.54, 1.807) is 4.90 Å². The van der Waals surface area contributed by atoms with Crippen LogP contribution in [0.25, 0.3) is 0 Å². The molecule has 2 atom stereocenters. The number of nitrogens with one attached hydrogen (secondary N) is 1. The zero-order valence-electron chi connectivity index (χ0n) is 14.6. The first-order chi connectivity index (χ1) is 12.1. The first-order valence-corrected chi connectivity index (χ1v) is 9.58. The molecule has 1 heterocycles. The number of amides is 2. The Morgan fingerprint density at radius 2 is 1.92 bits per heavy atom. The van der Waals surface area contributed by atoms with Gasteiger partial charge in [-0.1, -0.05) is 12.5 Å². The highest BCUT2D eigenvalue weighted by atomic mass is 16.2. The van der Waals surface area contributed by atoms with Crippen molar-refractivity contribution in [3.63, 3.8) is 0 Å². The second kappa shape index (κ2) is 6.79. The summed E-state index contributed by atoms with van der Waals surface area (Å²) < 4.78 is 0. The second-order valence-electron chi connectivity index (χ2n) is 7.88. The van der Waals surface area contributed by atoms with Crippen LogP contribution < -0.4 is 16.0 Å². The fourth-order valence-electron chi connectivity index (χ4n) is 5.00. The first kappa shape index (κ1) is 16.6. The minimum absolute atomic E-state index is 0.0223. The van der Waals surface area contributed by atoms with Crippen LogP contribution in [0.3, 0.4) is 0 Å². The van der Waals surface area contributed by atoms with E-state index in [1.165, 1.54) is 6.42 Å². The van der Waals surface area contributed by atoms with Crippen LogP contribution in [0.4, 0.5) is 5.69 Å². The van der Waals surface area contributed by atoms with Gasteiger partial charge in [0.1, 0.15) is 0 Å². The van der Waals surface area contributed by atoms with Crippen LogP contribution in [-0.4, -0.2) is 30.4 Å². The predicted octanol–water partition coefficient (Wildman–Crippen LogP) is 2.45. The molecule has 1 aromatic carbocycles. The van der Waals surface area contributed by atoms with Crippen LogP contribution in [0.1, 0.15) is 55.3 Å². The molecule has 2 bridgehead atoms. The van der Waals surface area contributed by atoms with Gasteiger partial charge in [0.05, 0.1) is 0 Å². The van der Waals surface area contributed by atoms with E-state index >= 15 is 0 Å². The number of nitrogens with zero attached hydrogens (tertiary/aromatic N) is 1. The highest BCUT2D eigenvalue weighted by molar-refractivity contribution is 5.99. The number of rotatable bonds is 3. The van der Waals surface area contributed by atoms with Gasteiger partial charge in [-0.3, -0.25) is 9.59 Å². The number of fused-ring (bicyclic) bond motifs is 2. The van der Waals surface area contributed by atoms with Gasteiger partial charge >= 0.3 is 0 Å². The van der Waals surface area contributed by atoms with Crippen molar-refractivity contribution in [3.05, 3.63) is 29.8 Å². The lowest BCUT2D eigenvalue weighted by molar-refractivity contribution is -0.117. The molecule has 0 spiro atoms. The average molecular weight is 341 g/mol. The Morgan fingerprint density at radius 1 is 1.16 bits per heavy atom. The molecule has 2 unspecified atom stereocenters. The van der Waals surface area contributed by atoms with Gasteiger partial charge in [0.2, 0.25) is 5.91 Å². The number of anilines is 1. The molecule has 0 radical (unpaired) electrons. The number of nitrogens with two attached hydrogens (primary N) is 1. The molecule has 1 aromatic rings. The molecule has 4 rings (SSSR count). The summed E-state index contributed by atoms with van der Waals surface area (Å²) in [6.07, 6.45) is 7.10. The van der Waals surface area contributed by atoms with Crippen molar-refractivity contribution >= 4 is 17.5 Å². The Bertz CT molecular complexity index is 661. The summed E-state index contributed by atoms with van der Waals surface area (Å²) in [7, 11) is 0. The standard InChI is InChI=1S/C20H27N3O2/c21-16-10-13-4-1-5-14(11-16)19(13)22-20(25)15-6-2-7-17(12-15)23-9-3-8-18(23)24/h2,6-7,12-14,16,19H,1,3-5,8-11,21H2,(H,22,25). The van der Waals surface area contributed by atoms with E-state index in [2.05, 4.69) is 5.32 Å². The maximum Gasteiger partial charge on any atom is 0.251 e. The van der Waals surface area contributed by atoms with Gasteiger partial charge in [-0.15, -0.1) is 0 Å². The minimum Gasteiger partial charge on any atom is -0.349 e. The van der Waals surface area contributed by atoms with Crippen molar-refractivity contribution in [2.24, 2.45) is 17.6 Å². The fraction of sp³-hybridized carbons (Fsp3) is 0.600. The van der Waals surface area contributed by atoms with E-state index in [-0.39, 0.29) is 23.9 Å². The molecule has 25 heavy (non-hydrogen) atoms. The molecule has 3 aliphatic rings. The molecule has 2 aliphatic carbocycles. The summed E-state index contributed by atoms with van der Waals surface area (Å²) in [4.78, 5) is 26.6. The highest BCUT2D eigenvalue weighted by Gasteiger charge is 2.40. The van der Waals surface area contributed by atoms with Gasteiger partial charge in [0.25, 0.3) is 5.91 Å². The van der Waals surface area contributed by atoms with Crippen molar-refractivity contribution in [2.45, 2.75) is 57.0 Å². The Balaban J connectivity index is 1.49. The lowest BCUT2D eigenvalue weighted by Crippen LogP contribution is -2.53. The van der Waals surface area contributed by atoms with Crippen LogP contribution in [-0.2, 0) is 4.79 Å². The van der Waals surface area contributed by atoms with Gasteiger partial charge in [-0.25, -0.2) is 0 Å². The number of benzene rings is 1. The van der Waals surface area contributed by atoms with Crippen molar-refractivity contribution in [1.29, 1.82) is 0 Å². The predicted molar refractivity (Wildman–Crippen MR) is 97.3 cm³/mol. The van der Waals surface area contributed by atoms with Crippen LogP contribution in [0.15, 0.2) is 24.3 Å². The third-order valence-electron chi connectivity index (χ3n) is 6.17. The van der Waals surface area contributed by atoms with Crippen molar-refractivity contribution < 1.29 is 9.59 Å². The van der Waals surface area contributed by atoms with Gasteiger partial charge in [-0.2, -0.15) is 0 Å². The quantitative estimate of drug-likeness (QED) is 0.887. The van der Waals surface area contributed by atoms with E-state index < -0.39 is 0 Å². The summed E-state index contributed by atoms with van der Waals surface area (Å²) in [6, 6.07) is 8.00. The maximum absolute atomic E-state index is 12.8. The first-order valence-electron chi connectivity index (χ1n) is 9.58. The van der Waals surface area contributed by atoms with Gasteiger partial charge in [-0.05, 0) is 62.1 Å². The molecule has 3 fully saturated rings. The van der Waals surface area contributed by atoms with Crippen molar-refractivity contribution in [2.75, 3.05) is 11.4 Å². The van der Waals surface area contributed by atoms with E-state index in [4.69, 9.17) is 5.73 Å². The second-order valence-corrected chi connectivity index (χ2v) is 7.88. The topological polar surface area (TPSA) is 75.4 Å². The third-order valence-corrected chi connectivity index (χ3v) is 6.17. The molecule has 2 saturated carbocycles. The summed E-state index contributed by atoms with van der Waals surface area (Å²) in [6.45, 7) is 0.745. The summed E-state index contributed by atoms with van der Waals surface area (Å²) in [5, 5.41) is 3.29. The summed E-state index contributed by atoms with van der Waals surface area (Å²) in [5.74, 6) is 1.14. The Kier molecular flexibility index (Phi) is 4.50. The van der Waals surface area contributed by atoms with Crippen LogP contribution >= 0.6 is 0 Å².